The van der Waals surface area contributed by atoms with Crippen LogP contribution in [0.1, 0.15) is 26.2 Å². The van der Waals surface area contributed by atoms with Gasteiger partial charge in [0.05, 0.1) is 0 Å². The van der Waals surface area contributed by atoms with Gasteiger partial charge in [-0.1, -0.05) is 34.5 Å². The molecule has 1 aliphatic rings. The van der Waals surface area contributed by atoms with E-state index in [0.717, 1.165) is 11.2 Å². The molecule has 52 valence electrons. The van der Waals surface area contributed by atoms with Crippen LogP contribution in [0.2, 0.25) is 0 Å². The SMILES string of the molecule is CC1CCCC=C1CBr. The molecular formula is C8H13Br. The molecule has 9 heavy (non-hydrogen) atoms. The van der Waals surface area contributed by atoms with E-state index in [4.69, 9.17) is 0 Å². The summed E-state index contributed by atoms with van der Waals surface area (Å²) in [7, 11) is 0. The predicted molar refractivity (Wildman–Crippen MR) is 44.9 cm³/mol. The third kappa shape index (κ3) is 1.82. The van der Waals surface area contributed by atoms with Gasteiger partial charge in [0.1, 0.15) is 0 Å². The summed E-state index contributed by atoms with van der Waals surface area (Å²) in [5.74, 6) is 0.832. The number of rotatable bonds is 1. The van der Waals surface area contributed by atoms with Crippen LogP contribution in [0.15, 0.2) is 11.6 Å². The van der Waals surface area contributed by atoms with E-state index in [0.29, 0.717) is 0 Å². The van der Waals surface area contributed by atoms with Crippen molar-refractivity contribution in [1.29, 1.82) is 0 Å². The summed E-state index contributed by atoms with van der Waals surface area (Å²) in [6.45, 7) is 2.31. The lowest BCUT2D eigenvalue weighted by Gasteiger charge is -2.17. The van der Waals surface area contributed by atoms with Gasteiger partial charge in [0.2, 0.25) is 0 Å². The van der Waals surface area contributed by atoms with Crippen molar-refractivity contribution < 1.29 is 0 Å². The molecule has 0 bridgehead atoms. The Balaban J connectivity index is 2.53. The second-order valence-corrected chi connectivity index (χ2v) is 3.31. The van der Waals surface area contributed by atoms with Crippen LogP contribution < -0.4 is 0 Å². The molecule has 0 aliphatic heterocycles. The molecule has 0 saturated carbocycles. The molecule has 0 heterocycles. The molecule has 1 atom stereocenters. The Morgan fingerprint density at radius 1 is 1.78 bits per heavy atom. The molecule has 0 saturated heterocycles. The normalized spacial score (nSPS) is 27.8. The molecule has 0 amide bonds. The fraction of sp³-hybridized carbons (Fsp3) is 0.750. The third-order valence-corrected chi connectivity index (χ3v) is 2.68. The monoisotopic (exact) mass is 188 g/mol. The number of allylic oxidation sites excluding steroid dienone is 2. The zero-order valence-corrected chi connectivity index (χ0v) is 7.45. The highest BCUT2D eigenvalue weighted by Crippen LogP contribution is 2.24. The largest absolute Gasteiger partial charge is 0.0880 e. The first-order valence-electron chi connectivity index (χ1n) is 3.59. The van der Waals surface area contributed by atoms with Crippen molar-refractivity contribution in [2.75, 3.05) is 5.33 Å². The van der Waals surface area contributed by atoms with E-state index < -0.39 is 0 Å². The van der Waals surface area contributed by atoms with Gasteiger partial charge in [-0.2, -0.15) is 0 Å². The van der Waals surface area contributed by atoms with E-state index in [1.807, 2.05) is 0 Å². The van der Waals surface area contributed by atoms with E-state index in [1.165, 1.54) is 19.3 Å². The molecule has 1 aliphatic carbocycles. The molecule has 0 fully saturated rings. The van der Waals surface area contributed by atoms with E-state index in [2.05, 4.69) is 28.9 Å². The lowest BCUT2D eigenvalue weighted by molar-refractivity contribution is 0.554. The average Bonchev–Trinajstić information content (AvgIpc) is 1.89. The van der Waals surface area contributed by atoms with Crippen LogP contribution >= 0.6 is 15.9 Å². The van der Waals surface area contributed by atoms with Gasteiger partial charge in [0.25, 0.3) is 0 Å². The first-order valence-corrected chi connectivity index (χ1v) is 4.71. The summed E-state index contributed by atoms with van der Waals surface area (Å²) >= 11 is 3.48. The van der Waals surface area contributed by atoms with Crippen molar-refractivity contribution in [3.8, 4) is 0 Å². The van der Waals surface area contributed by atoms with Gasteiger partial charge in [-0.25, -0.2) is 0 Å². The van der Waals surface area contributed by atoms with Gasteiger partial charge in [0.15, 0.2) is 0 Å². The Kier molecular flexibility index (Phi) is 2.77. The van der Waals surface area contributed by atoms with Crippen LogP contribution in [-0.2, 0) is 0 Å². The second-order valence-electron chi connectivity index (χ2n) is 2.74. The highest BCUT2D eigenvalue weighted by atomic mass is 79.9. The fourth-order valence-electron chi connectivity index (χ4n) is 1.28. The van der Waals surface area contributed by atoms with Gasteiger partial charge in [-0.3, -0.25) is 0 Å². The molecule has 1 heteroatoms. The maximum atomic E-state index is 3.48. The first kappa shape index (κ1) is 7.33. The number of halogens is 1. The van der Waals surface area contributed by atoms with Crippen molar-refractivity contribution in [2.24, 2.45) is 5.92 Å². The summed E-state index contributed by atoms with van der Waals surface area (Å²) in [6.07, 6.45) is 6.45. The highest BCUT2D eigenvalue weighted by molar-refractivity contribution is 9.09. The van der Waals surface area contributed by atoms with Gasteiger partial charge in [0, 0.05) is 5.33 Å². The second kappa shape index (κ2) is 3.40. The molecule has 0 aromatic heterocycles. The Morgan fingerprint density at radius 2 is 2.56 bits per heavy atom. The van der Waals surface area contributed by atoms with Crippen molar-refractivity contribution in [3.63, 3.8) is 0 Å². The van der Waals surface area contributed by atoms with Gasteiger partial charge >= 0.3 is 0 Å². The minimum absolute atomic E-state index is 0.832. The van der Waals surface area contributed by atoms with Crippen LogP contribution in [0.5, 0.6) is 0 Å². The molecule has 0 aromatic carbocycles. The molecule has 0 spiro atoms. The zero-order chi connectivity index (χ0) is 6.69. The summed E-state index contributed by atoms with van der Waals surface area (Å²) in [4.78, 5) is 0. The van der Waals surface area contributed by atoms with E-state index >= 15 is 0 Å². The lowest BCUT2D eigenvalue weighted by Crippen LogP contribution is -2.04. The van der Waals surface area contributed by atoms with E-state index in [-0.39, 0.29) is 0 Å². The Labute approximate surface area is 65.5 Å². The van der Waals surface area contributed by atoms with Crippen LogP contribution in [0.3, 0.4) is 0 Å². The smallest absolute Gasteiger partial charge is 0.0244 e. The minimum atomic E-state index is 0.832. The molecule has 1 unspecified atom stereocenters. The summed E-state index contributed by atoms with van der Waals surface area (Å²) in [6, 6.07) is 0. The van der Waals surface area contributed by atoms with Crippen molar-refractivity contribution in [2.45, 2.75) is 26.2 Å². The van der Waals surface area contributed by atoms with Gasteiger partial charge < -0.3 is 0 Å². The van der Waals surface area contributed by atoms with E-state index in [9.17, 15) is 0 Å². The summed E-state index contributed by atoms with van der Waals surface area (Å²) in [5, 5.41) is 1.08. The molecule has 1 rings (SSSR count). The molecular weight excluding hydrogens is 176 g/mol. The van der Waals surface area contributed by atoms with Crippen LogP contribution in [0.25, 0.3) is 0 Å². The lowest BCUT2D eigenvalue weighted by atomic mass is 9.91. The molecule has 0 nitrogen and oxygen atoms in total. The molecule has 0 radical (unpaired) electrons. The highest BCUT2D eigenvalue weighted by Gasteiger charge is 2.10. The number of hydrogen-bond donors (Lipinski definition) is 0. The van der Waals surface area contributed by atoms with Crippen molar-refractivity contribution >= 4 is 15.9 Å². The zero-order valence-electron chi connectivity index (χ0n) is 5.86. The quantitative estimate of drug-likeness (QED) is 0.439. The fourth-order valence-corrected chi connectivity index (χ4v) is 2.07. The summed E-state index contributed by atoms with van der Waals surface area (Å²) in [5.41, 5.74) is 1.60. The average molecular weight is 189 g/mol. The molecule has 0 aromatic rings. The number of hydrogen-bond acceptors (Lipinski definition) is 0. The topological polar surface area (TPSA) is 0 Å². The number of alkyl halides is 1. The van der Waals surface area contributed by atoms with Gasteiger partial charge in [-0.15, -0.1) is 0 Å². The Bertz CT molecular complexity index is 116. The minimum Gasteiger partial charge on any atom is -0.0880 e. The Morgan fingerprint density at radius 3 is 3.00 bits per heavy atom. The first-order chi connectivity index (χ1) is 4.34. The van der Waals surface area contributed by atoms with Gasteiger partial charge in [-0.05, 0) is 25.2 Å². The third-order valence-electron chi connectivity index (χ3n) is 2.04. The standard InChI is InChI=1S/C8H13Br/c1-7-4-2-3-5-8(7)6-9/h5,7H,2-4,6H2,1H3. The predicted octanol–water partition coefficient (Wildman–Crippen LogP) is 3.13. The molecule has 0 N–H and O–H groups in total. The van der Waals surface area contributed by atoms with Crippen molar-refractivity contribution in [1.82, 2.24) is 0 Å². The maximum absolute atomic E-state index is 3.48. The van der Waals surface area contributed by atoms with E-state index in [1.54, 1.807) is 5.57 Å². The van der Waals surface area contributed by atoms with Crippen LogP contribution in [0.4, 0.5) is 0 Å². The van der Waals surface area contributed by atoms with Crippen molar-refractivity contribution in [3.05, 3.63) is 11.6 Å². The van der Waals surface area contributed by atoms with Crippen LogP contribution in [-0.4, -0.2) is 5.33 Å². The maximum Gasteiger partial charge on any atom is 0.0244 e. The Hall–Kier alpha value is 0.220. The summed E-state index contributed by atoms with van der Waals surface area (Å²) < 4.78 is 0. The van der Waals surface area contributed by atoms with Crippen LogP contribution in [0, 0.1) is 5.92 Å².